The summed E-state index contributed by atoms with van der Waals surface area (Å²) in [6.07, 6.45) is -2.72. The van der Waals surface area contributed by atoms with Gasteiger partial charge in [0.1, 0.15) is 17.4 Å². The van der Waals surface area contributed by atoms with Crippen molar-refractivity contribution in [1.29, 1.82) is 0 Å². The summed E-state index contributed by atoms with van der Waals surface area (Å²) in [6.45, 7) is 3.42. The third kappa shape index (κ3) is 8.26. The maximum Gasteiger partial charge on any atom is 0.434 e. The summed E-state index contributed by atoms with van der Waals surface area (Å²) in [4.78, 5) is 12.3. The van der Waals surface area contributed by atoms with Crippen LogP contribution < -0.4 is 15.4 Å². The number of alkyl halides is 3. The van der Waals surface area contributed by atoms with E-state index in [1.807, 2.05) is 49.4 Å². The van der Waals surface area contributed by atoms with Crippen molar-refractivity contribution in [3.63, 3.8) is 0 Å². The van der Waals surface area contributed by atoms with Crippen molar-refractivity contribution in [3.05, 3.63) is 76.0 Å². The maximum atomic E-state index is 12.7. The first-order valence-electron chi connectivity index (χ1n) is 9.59. The lowest BCUT2D eigenvalue weighted by molar-refractivity contribution is -0.140. The van der Waals surface area contributed by atoms with Crippen LogP contribution in [0, 0.1) is 0 Å². The molecule has 3 aromatic rings. The molecular formula is C21H23F3IN5OS. The fourth-order valence-electron chi connectivity index (χ4n) is 2.57. The van der Waals surface area contributed by atoms with Gasteiger partial charge in [-0.2, -0.15) is 13.2 Å². The summed E-state index contributed by atoms with van der Waals surface area (Å²) in [7, 11) is 0. The Hall–Kier alpha value is -2.41. The van der Waals surface area contributed by atoms with Crippen molar-refractivity contribution < 1.29 is 17.9 Å². The average Bonchev–Trinajstić information content (AvgIpc) is 3.25. The fourth-order valence-corrected chi connectivity index (χ4v) is 3.31. The van der Waals surface area contributed by atoms with Crippen LogP contribution in [0.2, 0.25) is 0 Å². The van der Waals surface area contributed by atoms with Gasteiger partial charge >= 0.3 is 6.18 Å². The van der Waals surface area contributed by atoms with Crippen molar-refractivity contribution in [2.24, 2.45) is 4.99 Å². The highest BCUT2D eigenvalue weighted by Gasteiger charge is 2.33. The zero-order valence-electron chi connectivity index (χ0n) is 17.2. The summed E-state index contributed by atoms with van der Waals surface area (Å²) < 4.78 is 43.8. The number of ether oxygens (including phenoxy) is 1. The Bertz CT molecular complexity index is 998. The molecule has 0 unspecified atom stereocenters. The lowest BCUT2D eigenvalue weighted by atomic mass is 10.2. The van der Waals surface area contributed by atoms with Gasteiger partial charge in [-0.3, -0.25) is 4.98 Å². The molecule has 0 spiro atoms. The molecule has 0 saturated carbocycles. The van der Waals surface area contributed by atoms with Gasteiger partial charge in [-0.15, -0.1) is 35.3 Å². The third-order valence-electron chi connectivity index (χ3n) is 4.02. The Morgan fingerprint density at radius 2 is 2.00 bits per heavy atom. The van der Waals surface area contributed by atoms with Crippen molar-refractivity contribution >= 4 is 41.3 Å². The third-order valence-corrected chi connectivity index (χ3v) is 4.87. The first-order valence-corrected chi connectivity index (χ1v) is 10.5. The van der Waals surface area contributed by atoms with Crippen LogP contribution in [0.4, 0.5) is 13.2 Å². The van der Waals surface area contributed by atoms with Gasteiger partial charge in [0.15, 0.2) is 11.7 Å². The lowest BCUT2D eigenvalue weighted by Gasteiger charge is -2.11. The van der Waals surface area contributed by atoms with Crippen molar-refractivity contribution in [3.8, 4) is 5.75 Å². The molecule has 1 aromatic carbocycles. The summed E-state index contributed by atoms with van der Waals surface area (Å²) in [5.74, 6) is 1.20. The molecule has 3 rings (SSSR count). The van der Waals surface area contributed by atoms with E-state index in [9.17, 15) is 13.2 Å². The number of nitrogens with zero attached hydrogens (tertiary/aromatic N) is 3. The van der Waals surface area contributed by atoms with E-state index >= 15 is 0 Å². The van der Waals surface area contributed by atoms with E-state index in [4.69, 9.17) is 4.74 Å². The Morgan fingerprint density at radius 1 is 1.16 bits per heavy atom. The summed E-state index contributed by atoms with van der Waals surface area (Å²) in [5.41, 5.74) is 0.892. The first-order chi connectivity index (χ1) is 14.9. The summed E-state index contributed by atoms with van der Waals surface area (Å²) in [6, 6.07) is 13.2. The maximum absolute atomic E-state index is 12.7. The van der Waals surface area contributed by atoms with Gasteiger partial charge in [0.2, 0.25) is 0 Å². The van der Waals surface area contributed by atoms with E-state index in [1.54, 1.807) is 6.20 Å². The van der Waals surface area contributed by atoms with Crippen LogP contribution in [-0.2, 0) is 25.9 Å². The highest BCUT2D eigenvalue weighted by atomic mass is 127. The number of aromatic nitrogens is 2. The number of hydrogen-bond donors (Lipinski definition) is 2. The molecule has 0 aliphatic carbocycles. The minimum Gasteiger partial charge on any atom is -0.487 e. The van der Waals surface area contributed by atoms with Gasteiger partial charge < -0.3 is 15.4 Å². The first kappa shape index (κ1) is 25.8. The van der Waals surface area contributed by atoms with E-state index in [-0.39, 0.29) is 30.5 Å². The number of benzene rings is 1. The number of pyridine rings is 1. The molecule has 6 nitrogen and oxygen atoms in total. The number of nitrogens with one attached hydrogen (secondary N) is 2. The van der Waals surface area contributed by atoms with Crippen LogP contribution in [0.1, 0.15) is 28.9 Å². The second kappa shape index (κ2) is 12.6. The van der Waals surface area contributed by atoms with E-state index in [1.165, 1.54) is 0 Å². The smallest absolute Gasteiger partial charge is 0.434 e. The number of thiazole rings is 1. The summed E-state index contributed by atoms with van der Waals surface area (Å²) >= 11 is 0.958. The minimum atomic E-state index is -4.43. The second-order valence-corrected chi connectivity index (χ2v) is 7.37. The summed E-state index contributed by atoms with van der Waals surface area (Å²) in [5, 5.41) is 7.44. The lowest BCUT2D eigenvalue weighted by Crippen LogP contribution is -2.36. The van der Waals surface area contributed by atoms with Crippen LogP contribution in [0.15, 0.2) is 59.0 Å². The number of rotatable bonds is 8. The Morgan fingerprint density at radius 3 is 2.69 bits per heavy atom. The van der Waals surface area contributed by atoms with E-state index in [0.29, 0.717) is 36.4 Å². The minimum absolute atomic E-state index is 0. The van der Waals surface area contributed by atoms with Crippen LogP contribution in [0.3, 0.4) is 0 Å². The van der Waals surface area contributed by atoms with E-state index in [0.717, 1.165) is 28.0 Å². The van der Waals surface area contributed by atoms with Crippen molar-refractivity contribution in [1.82, 2.24) is 20.6 Å². The van der Waals surface area contributed by atoms with Gasteiger partial charge in [-0.05, 0) is 36.8 Å². The zero-order chi connectivity index (χ0) is 22.1. The molecule has 0 atom stereocenters. The van der Waals surface area contributed by atoms with Gasteiger partial charge in [-0.25, -0.2) is 9.98 Å². The average molecular weight is 577 g/mol. The SMILES string of the molecule is CCNC(=NCc1cccc(OCc2ccccn2)c1)NCc1nc(C(F)(F)F)cs1.I. The highest BCUT2D eigenvalue weighted by Crippen LogP contribution is 2.29. The number of aliphatic imine (C=N–C) groups is 1. The molecule has 2 N–H and O–H groups in total. The molecule has 172 valence electrons. The van der Waals surface area contributed by atoms with Gasteiger partial charge in [0, 0.05) is 18.1 Å². The van der Waals surface area contributed by atoms with Crippen LogP contribution in [-0.4, -0.2) is 22.5 Å². The Labute approximate surface area is 205 Å². The Kier molecular flexibility index (Phi) is 10.2. The molecule has 0 amide bonds. The molecule has 0 aliphatic rings. The zero-order valence-corrected chi connectivity index (χ0v) is 20.4. The predicted molar refractivity (Wildman–Crippen MR) is 129 cm³/mol. The second-order valence-electron chi connectivity index (χ2n) is 6.43. The molecule has 0 radical (unpaired) electrons. The largest absolute Gasteiger partial charge is 0.487 e. The monoisotopic (exact) mass is 577 g/mol. The van der Waals surface area contributed by atoms with E-state index < -0.39 is 11.9 Å². The molecule has 0 bridgehead atoms. The molecule has 2 aromatic heterocycles. The van der Waals surface area contributed by atoms with Gasteiger partial charge in [0.25, 0.3) is 0 Å². The molecule has 11 heteroatoms. The molecular weight excluding hydrogens is 554 g/mol. The van der Waals surface area contributed by atoms with Crippen molar-refractivity contribution in [2.45, 2.75) is 32.8 Å². The Balaban J connectivity index is 0.00000363. The van der Waals surface area contributed by atoms with Crippen LogP contribution in [0.5, 0.6) is 5.75 Å². The molecule has 0 aliphatic heterocycles. The quantitative estimate of drug-likeness (QED) is 0.224. The van der Waals surface area contributed by atoms with Crippen LogP contribution >= 0.6 is 35.3 Å². The van der Waals surface area contributed by atoms with Gasteiger partial charge in [-0.1, -0.05) is 18.2 Å². The normalized spacial score (nSPS) is 11.6. The topological polar surface area (TPSA) is 71.4 Å². The highest BCUT2D eigenvalue weighted by molar-refractivity contribution is 14.0. The molecule has 32 heavy (non-hydrogen) atoms. The fraction of sp³-hybridized carbons (Fsp3) is 0.286. The van der Waals surface area contributed by atoms with Crippen LogP contribution in [0.25, 0.3) is 0 Å². The van der Waals surface area contributed by atoms with Gasteiger partial charge in [0.05, 0.1) is 18.8 Å². The molecule has 2 heterocycles. The number of hydrogen-bond acceptors (Lipinski definition) is 5. The number of guanidine groups is 1. The predicted octanol–water partition coefficient (Wildman–Crippen LogP) is 5.01. The van der Waals surface area contributed by atoms with Crippen molar-refractivity contribution in [2.75, 3.05) is 6.54 Å². The molecule has 0 saturated heterocycles. The number of halogens is 4. The standard InChI is InChI=1S/C21H22F3N5OS.HI/c1-2-25-20(28-12-19-29-18(14-31-19)21(22,23)24)27-11-15-6-5-8-17(10-15)30-13-16-7-3-4-9-26-16;/h3-10,14H,2,11-13H2,1H3,(H2,25,27,28);1H. The van der Waals surface area contributed by atoms with E-state index in [2.05, 4.69) is 25.6 Å². The molecule has 0 fully saturated rings.